The zero-order chi connectivity index (χ0) is 34.7. The lowest BCUT2D eigenvalue weighted by Gasteiger charge is -2.36. The van der Waals surface area contributed by atoms with E-state index in [0.29, 0.717) is 30.8 Å². The average Bonchev–Trinajstić information content (AvgIpc) is 3.07. The van der Waals surface area contributed by atoms with Crippen LogP contribution < -0.4 is 14.2 Å². The third kappa shape index (κ3) is 9.47. The zero-order valence-corrected chi connectivity index (χ0v) is 27.0. The van der Waals surface area contributed by atoms with Crippen molar-refractivity contribution in [1.82, 2.24) is 4.90 Å². The first-order valence-corrected chi connectivity index (χ1v) is 15.0. The molecule has 2 atom stereocenters. The fraction of sp³-hybridized carbons (Fsp3) is 0.441. The van der Waals surface area contributed by atoms with Gasteiger partial charge in [-0.05, 0) is 69.7 Å². The Hall–Kier alpha value is -5.07. The highest BCUT2D eigenvalue weighted by Gasteiger charge is 2.42. The van der Waals surface area contributed by atoms with Crippen LogP contribution in [0.5, 0.6) is 23.0 Å². The van der Waals surface area contributed by atoms with Gasteiger partial charge in [0.25, 0.3) is 5.91 Å². The van der Waals surface area contributed by atoms with Gasteiger partial charge in [0.1, 0.15) is 18.8 Å². The number of rotatable bonds is 16. The minimum absolute atomic E-state index is 0.114. The number of hydrogen-bond donors (Lipinski definition) is 2. The molecule has 0 spiro atoms. The van der Waals surface area contributed by atoms with Crippen molar-refractivity contribution >= 4 is 29.6 Å². The number of aliphatic carboxylic acids is 1. The Morgan fingerprint density at radius 3 is 2.43 bits per heavy atom. The quantitative estimate of drug-likeness (QED) is 0.152. The molecule has 0 bridgehead atoms. The molecule has 254 valence electrons. The van der Waals surface area contributed by atoms with E-state index in [2.05, 4.69) is 6.58 Å². The summed E-state index contributed by atoms with van der Waals surface area (Å²) in [5.74, 6) is -4.00. The van der Waals surface area contributed by atoms with Crippen LogP contribution in [0, 0.1) is 5.41 Å². The Morgan fingerprint density at radius 2 is 1.77 bits per heavy atom. The number of aryl methyl sites for hydroxylation is 1. The number of esters is 2. The number of carbonyl (C=O) groups is 5. The summed E-state index contributed by atoms with van der Waals surface area (Å²) in [4.78, 5) is 64.3. The molecule has 0 unspecified atom stereocenters. The van der Waals surface area contributed by atoms with Crippen molar-refractivity contribution in [2.24, 2.45) is 5.41 Å². The third-order valence-electron chi connectivity index (χ3n) is 7.72. The van der Waals surface area contributed by atoms with Gasteiger partial charge < -0.3 is 38.8 Å². The van der Waals surface area contributed by atoms with Crippen molar-refractivity contribution in [2.75, 3.05) is 34.0 Å². The number of methoxy groups -OCH3 is 2. The molecule has 0 aliphatic carbocycles. The lowest BCUT2D eigenvalue weighted by Crippen LogP contribution is -2.53. The summed E-state index contributed by atoms with van der Waals surface area (Å²) in [5, 5.41) is 20.1. The van der Waals surface area contributed by atoms with E-state index in [1.807, 2.05) is 6.07 Å². The Bertz CT molecular complexity index is 1480. The first kappa shape index (κ1) is 36.4. The van der Waals surface area contributed by atoms with E-state index in [4.69, 9.17) is 28.8 Å². The Kier molecular flexibility index (Phi) is 12.8. The number of phenolic OH excluding ortho intramolecular Hbond substituents is 1. The van der Waals surface area contributed by atoms with Gasteiger partial charge in [-0.3, -0.25) is 9.59 Å². The first-order chi connectivity index (χ1) is 22.3. The van der Waals surface area contributed by atoms with Gasteiger partial charge in [-0.25, -0.2) is 14.4 Å². The minimum atomic E-state index is -1.37. The number of Topliss-reactive ketones (excluding diaryl/α,β-unsaturated/α-hetero) is 1. The fourth-order valence-corrected chi connectivity index (χ4v) is 5.10. The van der Waals surface area contributed by atoms with Crippen molar-refractivity contribution in [1.29, 1.82) is 0 Å². The third-order valence-corrected chi connectivity index (χ3v) is 7.72. The number of carboxylic acid groups (broad SMARTS) is 1. The summed E-state index contributed by atoms with van der Waals surface area (Å²) < 4.78 is 26.9. The molecule has 2 aromatic carbocycles. The Morgan fingerprint density at radius 1 is 1.04 bits per heavy atom. The van der Waals surface area contributed by atoms with Crippen LogP contribution in [0.4, 0.5) is 0 Å². The summed E-state index contributed by atoms with van der Waals surface area (Å²) in [6.45, 7) is 5.32. The molecule has 13 nitrogen and oxygen atoms in total. The molecule has 1 fully saturated rings. The highest BCUT2D eigenvalue weighted by molar-refractivity contribution is 6.38. The molecule has 13 heteroatoms. The Balaban J connectivity index is 1.89. The van der Waals surface area contributed by atoms with Crippen molar-refractivity contribution in [3.8, 4) is 23.0 Å². The lowest BCUT2D eigenvalue weighted by atomic mass is 9.87. The maximum absolute atomic E-state index is 13.8. The summed E-state index contributed by atoms with van der Waals surface area (Å²) >= 11 is 0. The topological polar surface area (TPSA) is 175 Å². The molecular formula is C34H41NO12. The number of carboxylic acids is 1. The SMILES string of the molecule is C=CC(=O)OCC(C)(C)C(=O)C(=O)N1CCCC[C@H]1C(=O)O[C@H](CCc1ccc(OC)c(OC)c1)c1cccc(OCC(=O)O)c1O. The van der Waals surface area contributed by atoms with Gasteiger partial charge in [0.15, 0.2) is 29.6 Å². The van der Waals surface area contributed by atoms with Gasteiger partial charge in [-0.15, -0.1) is 0 Å². The number of nitrogens with zero attached hydrogens (tertiary/aromatic N) is 1. The summed E-state index contributed by atoms with van der Waals surface area (Å²) in [6, 6.07) is 8.66. The van der Waals surface area contributed by atoms with Crippen LogP contribution in [0.3, 0.4) is 0 Å². The number of aromatic hydroxyl groups is 1. The largest absolute Gasteiger partial charge is 0.504 e. The average molecular weight is 656 g/mol. The number of ether oxygens (including phenoxy) is 5. The molecule has 1 amide bonds. The van der Waals surface area contributed by atoms with Crippen molar-refractivity contribution < 1.29 is 57.9 Å². The second-order valence-electron chi connectivity index (χ2n) is 11.6. The maximum Gasteiger partial charge on any atom is 0.341 e. The zero-order valence-electron chi connectivity index (χ0n) is 27.0. The number of carbonyl (C=O) groups excluding carboxylic acids is 4. The Labute approximate surface area is 273 Å². The van der Waals surface area contributed by atoms with Gasteiger partial charge in [-0.1, -0.05) is 24.8 Å². The number of phenols is 1. The standard InChI is InChI=1S/C34H41NO12/c1-6-29(38)46-20-34(2,3)31(40)32(41)35-17-8-7-11-23(35)33(42)47-24(15-13-21-14-16-25(43-4)27(18-21)44-5)22-10-9-12-26(30(22)39)45-19-28(36)37/h6,9-10,12,14,16,18,23-24,39H,1,7-8,11,13,15,17,19-20H2,2-5H3,(H,36,37)/t23-,24+/m0/s1. The van der Waals surface area contributed by atoms with E-state index in [9.17, 15) is 29.1 Å². The van der Waals surface area contributed by atoms with Crippen LogP contribution in [-0.2, 0) is 39.9 Å². The summed E-state index contributed by atoms with van der Waals surface area (Å²) in [6.07, 6.45) is 1.79. The molecule has 1 heterocycles. The van der Waals surface area contributed by atoms with Crippen LogP contribution >= 0.6 is 0 Å². The predicted molar refractivity (Wildman–Crippen MR) is 167 cm³/mol. The van der Waals surface area contributed by atoms with Crippen LogP contribution in [0.15, 0.2) is 49.1 Å². The van der Waals surface area contributed by atoms with E-state index in [0.717, 1.165) is 11.6 Å². The van der Waals surface area contributed by atoms with Gasteiger partial charge >= 0.3 is 17.9 Å². The van der Waals surface area contributed by atoms with E-state index in [1.54, 1.807) is 12.1 Å². The van der Waals surface area contributed by atoms with Crippen LogP contribution in [0.2, 0.25) is 0 Å². The molecule has 0 aromatic heterocycles. The highest BCUT2D eigenvalue weighted by Crippen LogP contribution is 2.38. The normalized spacial score (nSPS) is 15.1. The van der Waals surface area contributed by atoms with E-state index in [-0.39, 0.29) is 37.3 Å². The molecule has 2 aromatic rings. The molecule has 47 heavy (non-hydrogen) atoms. The lowest BCUT2D eigenvalue weighted by molar-refractivity contribution is -0.165. The second kappa shape index (κ2) is 16.5. The molecule has 2 N–H and O–H groups in total. The molecule has 0 radical (unpaired) electrons. The number of para-hydroxylation sites is 1. The van der Waals surface area contributed by atoms with Crippen molar-refractivity contribution in [3.05, 3.63) is 60.2 Å². The van der Waals surface area contributed by atoms with Crippen molar-refractivity contribution in [2.45, 2.75) is 58.1 Å². The molecule has 3 rings (SSSR count). The van der Waals surface area contributed by atoms with Crippen LogP contribution in [-0.4, -0.2) is 84.7 Å². The number of likely N-dealkylation sites (tertiary alicyclic amines) is 1. The van der Waals surface area contributed by atoms with Crippen LogP contribution in [0.1, 0.15) is 56.8 Å². The van der Waals surface area contributed by atoms with Gasteiger partial charge in [0, 0.05) is 18.2 Å². The summed E-state index contributed by atoms with van der Waals surface area (Å²) in [5.41, 5.74) is -0.399. The van der Waals surface area contributed by atoms with Gasteiger partial charge in [0.2, 0.25) is 5.78 Å². The maximum atomic E-state index is 13.8. The number of ketones is 1. The minimum Gasteiger partial charge on any atom is -0.504 e. The van der Waals surface area contributed by atoms with E-state index in [1.165, 1.54) is 51.2 Å². The molecule has 1 saturated heterocycles. The number of amides is 1. The van der Waals surface area contributed by atoms with Gasteiger partial charge in [-0.2, -0.15) is 0 Å². The number of piperidine rings is 1. The first-order valence-electron chi connectivity index (χ1n) is 15.0. The van der Waals surface area contributed by atoms with Crippen LogP contribution in [0.25, 0.3) is 0 Å². The fourth-order valence-electron chi connectivity index (χ4n) is 5.10. The van der Waals surface area contributed by atoms with Crippen molar-refractivity contribution in [3.63, 3.8) is 0 Å². The van der Waals surface area contributed by atoms with Gasteiger partial charge in [0.05, 0.1) is 19.6 Å². The predicted octanol–water partition coefficient (Wildman–Crippen LogP) is 3.80. The molecular weight excluding hydrogens is 614 g/mol. The number of hydrogen-bond acceptors (Lipinski definition) is 11. The smallest absolute Gasteiger partial charge is 0.341 e. The molecule has 1 aliphatic heterocycles. The molecule has 0 saturated carbocycles. The molecule has 1 aliphatic rings. The monoisotopic (exact) mass is 655 g/mol. The summed E-state index contributed by atoms with van der Waals surface area (Å²) in [7, 11) is 3.02. The number of benzene rings is 2. The highest BCUT2D eigenvalue weighted by atomic mass is 16.5. The second-order valence-corrected chi connectivity index (χ2v) is 11.6. The van der Waals surface area contributed by atoms with E-state index < -0.39 is 59.5 Å². The van der Waals surface area contributed by atoms with E-state index >= 15 is 0 Å².